The van der Waals surface area contributed by atoms with E-state index in [0.717, 1.165) is 6.07 Å². The van der Waals surface area contributed by atoms with Gasteiger partial charge in [-0.3, -0.25) is 4.79 Å². The highest BCUT2D eigenvalue weighted by Crippen LogP contribution is 2.27. The molecule has 0 spiro atoms. The van der Waals surface area contributed by atoms with Crippen LogP contribution in [0.5, 0.6) is 0 Å². The lowest BCUT2D eigenvalue weighted by molar-refractivity contribution is -0.141. The molecule has 1 rings (SSSR count). The van der Waals surface area contributed by atoms with Gasteiger partial charge in [0.25, 0.3) is 6.47 Å². The summed E-state index contributed by atoms with van der Waals surface area (Å²) in [5, 5.41) is 6.89. The van der Waals surface area contributed by atoms with Crippen LogP contribution < -0.4 is 0 Å². The fraction of sp³-hybridized carbons (Fsp3) is 0.250. The molecule has 1 heterocycles. The first-order valence-electron chi connectivity index (χ1n) is 3.50. The predicted molar refractivity (Wildman–Crippen MR) is 42.7 cm³/mol. The van der Waals surface area contributed by atoms with Crippen molar-refractivity contribution in [1.29, 1.82) is 0 Å². The molecule has 14 heavy (non-hydrogen) atoms. The smallest absolute Gasteiger partial charge is 0.433 e. The number of aryl methyl sites for hydroxylation is 1. The summed E-state index contributed by atoms with van der Waals surface area (Å²) in [6.07, 6.45) is -4.33. The maximum Gasteiger partial charge on any atom is 0.433 e. The van der Waals surface area contributed by atoms with E-state index in [1.54, 1.807) is 0 Å². The molecule has 78 valence electrons. The molecule has 0 saturated carbocycles. The molecule has 0 aliphatic carbocycles. The Labute approximate surface area is 78.2 Å². The lowest BCUT2D eigenvalue weighted by atomic mass is 10.3. The summed E-state index contributed by atoms with van der Waals surface area (Å²) in [7, 11) is 0. The Balaban J connectivity index is 0.000000500. The summed E-state index contributed by atoms with van der Waals surface area (Å²) in [6, 6.07) is 3.81. The lowest BCUT2D eigenvalue weighted by Gasteiger charge is -2.04. The quantitative estimate of drug-likeness (QED) is 0.663. The van der Waals surface area contributed by atoms with Crippen molar-refractivity contribution in [2.45, 2.75) is 13.1 Å². The minimum atomic E-state index is -4.33. The fourth-order valence-electron chi connectivity index (χ4n) is 0.701. The summed E-state index contributed by atoms with van der Waals surface area (Å²) >= 11 is 0. The second-order valence-electron chi connectivity index (χ2n) is 2.27. The third-order valence-electron chi connectivity index (χ3n) is 1.18. The topological polar surface area (TPSA) is 50.2 Å². The SMILES string of the molecule is Cc1cccc(C(F)(F)F)n1.O=CO. The maximum absolute atomic E-state index is 11.9. The van der Waals surface area contributed by atoms with Crippen molar-refractivity contribution in [2.75, 3.05) is 0 Å². The van der Waals surface area contributed by atoms with E-state index in [9.17, 15) is 13.2 Å². The zero-order valence-corrected chi connectivity index (χ0v) is 7.25. The molecule has 0 fully saturated rings. The van der Waals surface area contributed by atoms with Crippen LogP contribution in [0.2, 0.25) is 0 Å². The molecule has 0 saturated heterocycles. The number of hydrogen-bond acceptors (Lipinski definition) is 2. The molecule has 1 aromatic rings. The van der Waals surface area contributed by atoms with Crippen molar-refractivity contribution < 1.29 is 23.1 Å². The second kappa shape index (κ2) is 5.21. The molecule has 0 bridgehead atoms. The van der Waals surface area contributed by atoms with E-state index in [0.29, 0.717) is 5.69 Å². The third-order valence-corrected chi connectivity index (χ3v) is 1.18. The minimum Gasteiger partial charge on any atom is -0.483 e. The van der Waals surface area contributed by atoms with Crippen molar-refractivity contribution >= 4 is 6.47 Å². The summed E-state index contributed by atoms with van der Waals surface area (Å²) in [4.78, 5) is 11.7. The molecule has 0 radical (unpaired) electrons. The van der Waals surface area contributed by atoms with Crippen molar-refractivity contribution in [3.05, 3.63) is 29.6 Å². The summed E-state index contributed by atoms with van der Waals surface area (Å²) in [5.41, 5.74) is -0.461. The molecule has 0 atom stereocenters. The van der Waals surface area contributed by atoms with Gasteiger partial charge in [0.2, 0.25) is 0 Å². The predicted octanol–water partition coefficient (Wildman–Crippen LogP) is 2.11. The van der Waals surface area contributed by atoms with Gasteiger partial charge in [0.15, 0.2) is 0 Å². The molecule has 0 unspecified atom stereocenters. The van der Waals surface area contributed by atoms with Crippen molar-refractivity contribution in [2.24, 2.45) is 0 Å². The van der Waals surface area contributed by atoms with Gasteiger partial charge in [-0.1, -0.05) is 6.07 Å². The minimum absolute atomic E-state index is 0.250. The van der Waals surface area contributed by atoms with E-state index in [4.69, 9.17) is 9.90 Å². The van der Waals surface area contributed by atoms with Crippen molar-refractivity contribution in [3.63, 3.8) is 0 Å². The monoisotopic (exact) mass is 207 g/mol. The average Bonchev–Trinajstić information content (AvgIpc) is 2.04. The first-order chi connectivity index (χ1) is 6.41. The summed E-state index contributed by atoms with van der Waals surface area (Å²) < 4.78 is 35.7. The van der Waals surface area contributed by atoms with Crippen LogP contribution in [0, 0.1) is 6.92 Å². The Morgan fingerprint density at radius 1 is 1.43 bits per heavy atom. The van der Waals surface area contributed by atoms with E-state index in [2.05, 4.69) is 4.98 Å². The van der Waals surface area contributed by atoms with Gasteiger partial charge in [-0.15, -0.1) is 0 Å². The van der Waals surface area contributed by atoms with Crippen LogP contribution in [0.4, 0.5) is 13.2 Å². The van der Waals surface area contributed by atoms with Gasteiger partial charge >= 0.3 is 6.18 Å². The van der Waals surface area contributed by atoms with Crippen LogP contribution in [-0.4, -0.2) is 16.6 Å². The number of rotatable bonds is 0. The van der Waals surface area contributed by atoms with E-state index >= 15 is 0 Å². The average molecular weight is 207 g/mol. The van der Waals surface area contributed by atoms with Gasteiger partial charge in [0, 0.05) is 5.69 Å². The molecule has 6 heteroatoms. The van der Waals surface area contributed by atoms with Gasteiger partial charge in [0.1, 0.15) is 5.69 Å². The van der Waals surface area contributed by atoms with Crippen LogP contribution in [0.25, 0.3) is 0 Å². The van der Waals surface area contributed by atoms with Crippen molar-refractivity contribution in [3.8, 4) is 0 Å². The zero-order valence-electron chi connectivity index (χ0n) is 7.25. The molecule has 0 aromatic carbocycles. The largest absolute Gasteiger partial charge is 0.483 e. The van der Waals surface area contributed by atoms with Crippen LogP contribution in [0.3, 0.4) is 0 Å². The Bertz CT molecular complexity index is 299. The number of halogens is 3. The van der Waals surface area contributed by atoms with E-state index in [1.807, 2.05) is 0 Å². The summed E-state index contributed by atoms with van der Waals surface area (Å²) in [6.45, 7) is 1.27. The number of carboxylic acid groups (broad SMARTS) is 1. The van der Waals surface area contributed by atoms with Gasteiger partial charge in [-0.25, -0.2) is 4.98 Å². The van der Waals surface area contributed by atoms with Gasteiger partial charge in [0.05, 0.1) is 0 Å². The Morgan fingerprint density at radius 3 is 2.21 bits per heavy atom. The summed E-state index contributed by atoms with van der Waals surface area (Å²) in [5.74, 6) is 0. The Hall–Kier alpha value is -1.59. The molecule has 1 N–H and O–H groups in total. The highest BCUT2D eigenvalue weighted by molar-refractivity contribution is 5.32. The second-order valence-corrected chi connectivity index (χ2v) is 2.27. The lowest BCUT2D eigenvalue weighted by Crippen LogP contribution is -2.07. The van der Waals surface area contributed by atoms with Gasteiger partial charge < -0.3 is 5.11 Å². The number of nitrogens with zero attached hydrogens (tertiary/aromatic N) is 1. The van der Waals surface area contributed by atoms with Crippen LogP contribution >= 0.6 is 0 Å². The molecule has 0 aliphatic rings. The van der Waals surface area contributed by atoms with Crippen LogP contribution in [0.15, 0.2) is 18.2 Å². The Kier molecular flexibility index (Phi) is 4.62. The molecule has 3 nitrogen and oxygen atoms in total. The molecule has 0 aliphatic heterocycles. The molecule has 0 amide bonds. The number of aromatic nitrogens is 1. The number of alkyl halides is 3. The third kappa shape index (κ3) is 4.44. The van der Waals surface area contributed by atoms with E-state index < -0.39 is 11.9 Å². The highest BCUT2D eigenvalue weighted by Gasteiger charge is 2.31. The molecule has 1 aromatic heterocycles. The number of pyridine rings is 1. The Morgan fingerprint density at radius 2 is 1.93 bits per heavy atom. The standard InChI is InChI=1S/C7H6F3N.CH2O2/c1-5-3-2-4-6(11-5)7(8,9)10;2-1-3/h2-4H,1H3;1H,(H,2,3). The number of carbonyl (C=O) groups is 1. The van der Waals surface area contributed by atoms with Gasteiger partial charge in [-0.2, -0.15) is 13.2 Å². The number of hydrogen-bond donors (Lipinski definition) is 1. The van der Waals surface area contributed by atoms with Crippen molar-refractivity contribution in [1.82, 2.24) is 4.98 Å². The van der Waals surface area contributed by atoms with Crippen LogP contribution in [-0.2, 0) is 11.0 Å². The normalized spacial score (nSPS) is 10.0. The zero-order chi connectivity index (χ0) is 11.2. The van der Waals surface area contributed by atoms with Crippen LogP contribution in [0.1, 0.15) is 11.4 Å². The molecular formula is C8H8F3NO2. The van der Waals surface area contributed by atoms with E-state index in [1.165, 1.54) is 19.1 Å². The first kappa shape index (κ1) is 12.4. The highest BCUT2D eigenvalue weighted by atomic mass is 19.4. The maximum atomic E-state index is 11.9. The van der Waals surface area contributed by atoms with Gasteiger partial charge in [-0.05, 0) is 19.1 Å². The first-order valence-corrected chi connectivity index (χ1v) is 3.50. The molecular weight excluding hydrogens is 199 g/mol. The fourth-order valence-corrected chi connectivity index (χ4v) is 0.701. The van der Waals surface area contributed by atoms with E-state index in [-0.39, 0.29) is 6.47 Å².